The Bertz CT molecular complexity index is 293. The van der Waals surface area contributed by atoms with Gasteiger partial charge in [-0.25, -0.2) is 0 Å². The van der Waals surface area contributed by atoms with Gasteiger partial charge in [-0.05, 0) is 43.4 Å². The second-order valence-electron chi connectivity index (χ2n) is 6.48. The summed E-state index contributed by atoms with van der Waals surface area (Å²) < 4.78 is 11.5. The Morgan fingerprint density at radius 1 is 1.22 bits per heavy atom. The number of hydrogen-bond donors (Lipinski definition) is 1. The first-order valence-electron chi connectivity index (χ1n) is 7.55. The fraction of sp³-hybridized carbons (Fsp3) is 1.00. The zero-order chi connectivity index (χ0) is 12.7. The van der Waals surface area contributed by atoms with Crippen LogP contribution in [0.5, 0.6) is 0 Å². The lowest BCUT2D eigenvalue weighted by Gasteiger charge is -2.47. The molecule has 0 spiro atoms. The Kier molecular flexibility index (Phi) is 3.65. The first-order chi connectivity index (χ1) is 8.76. The molecule has 1 N–H and O–H groups in total. The molecule has 0 amide bonds. The number of aliphatic hydroxyl groups excluding tert-OH is 1. The minimum atomic E-state index is -0.0399. The van der Waals surface area contributed by atoms with E-state index in [-0.39, 0.29) is 12.4 Å². The second kappa shape index (κ2) is 5.10. The highest BCUT2D eigenvalue weighted by molar-refractivity contribution is 4.99. The maximum Gasteiger partial charge on any atom is 0.160 e. The molecule has 7 atom stereocenters. The van der Waals surface area contributed by atoms with Crippen molar-refractivity contribution in [3.8, 4) is 0 Å². The van der Waals surface area contributed by atoms with Gasteiger partial charge in [0.25, 0.3) is 0 Å². The van der Waals surface area contributed by atoms with Crippen molar-refractivity contribution in [3.05, 3.63) is 0 Å². The molecule has 0 radical (unpaired) electrons. The van der Waals surface area contributed by atoms with Crippen molar-refractivity contribution in [2.45, 2.75) is 51.4 Å². The van der Waals surface area contributed by atoms with Gasteiger partial charge in [0.2, 0.25) is 0 Å². The topological polar surface area (TPSA) is 38.7 Å². The number of ether oxygens (including phenoxy) is 2. The molecular formula is C15H26O3. The summed E-state index contributed by atoms with van der Waals surface area (Å²) in [6.07, 6.45) is 6.80. The molecular weight excluding hydrogens is 228 g/mol. The van der Waals surface area contributed by atoms with E-state index >= 15 is 0 Å². The Morgan fingerprint density at radius 3 is 2.72 bits per heavy atom. The molecule has 2 aliphatic carbocycles. The van der Waals surface area contributed by atoms with Gasteiger partial charge < -0.3 is 14.6 Å². The minimum Gasteiger partial charge on any atom is -0.396 e. The minimum absolute atomic E-state index is 0.0399. The van der Waals surface area contributed by atoms with E-state index in [1.165, 1.54) is 32.1 Å². The number of hydrogen-bond acceptors (Lipinski definition) is 3. The average molecular weight is 254 g/mol. The van der Waals surface area contributed by atoms with Gasteiger partial charge in [0.1, 0.15) is 0 Å². The molecule has 18 heavy (non-hydrogen) atoms. The second-order valence-corrected chi connectivity index (χ2v) is 6.48. The number of methoxy groups -OCH3 is 1. The molecule has 0 unspecified atom stereocenters. The van der Waals surface area contributed by atoms with Crippen molar-refractivity contribution in [1.82, 2.24) is 0 Å². The number of rotatable bonds is 2. The number of fused-ring (bicyclic) bond motifs is 2. The number of aliphatic hydroxyl groups is 1. The molecule has 2 saturated carbocycles. The molecule has 104 valence electrons. The molecule has 0 aromatic carbocycles. The normalized spacial score (nSPS) is 51.8. The molecule has 1 aliphatic heterocycles. The fourth-order valence-corrected chi connectivity index (χ4v) is 5.08. The maximum absolute atomic E-state index is 9.86. The quantitative estimate of drug-likeness (QED) is 0.822. The lowest BCUT2D eigenvalue weighted by Crippen LogP contribution is -2.45. The third kappa shape index (κ3) is 1.91. The van der Waals surface area contributed by atoms with E-state index in [1.54, 1.807) is 7.11 Å². The van der Waals surface area contributed by atoms with E-state index < -0.39 is 0 Å². The van der Waals surface area contributed by atoms with Gasteiger partial charge in [-0.2, -0.15) is 0 Å². The summed E-state index contributed by atoms with van der Waals surface area (Å²) in [6, 6.07) is 0. The van der Waals surface area contributed by atoms with E-state index in [2.05, 4.69) is 6.92 Å². The van der Waals surface area contributed by atoms with E-state index in [1.807, 2.05) is 0 Å². The zero-order valence-electron chi connectivity index (χ0n) is 11.5. The van der Waals surface area contributed by atoms with Crippen LogP contribution < -0.4 is 0 Å². The van der Waals surface area contributed by atoms with Crippen LogP contribution in [-0.2, 0) is 9.47 Å². The van der Waals surface area contributed by atoms with Crippen LogP contribution in [0.3, 0.4) is 0 Å². The summed E-state index contributed by atoms with van der Waals surface area (Å²) in [5.41, 5.74) is 0. The average Bonchev–Trinajstić information content (AvgIpc) is 2.73. The summed E-state index contributed by atoms with van der Waals surface area (Å²) in [4.78, 5) is 0. The Labute approximate surface area is 110 Å². The molecule has 0 aromatic rings. The van der Waals surface area contributed by atoms with Gasteiger partial charge in [-0.3, -0.25) is 0 Å². The van der Waals surface area contributed by atoms with Gasteiger partial charge >= 0.3 is 0 Å². The van der Waals surface area contributed by atoms with Gasteiger partial charge in [-0.15, -0.1) is 0 Å². The van der Waals surface area contributed by atoms with E-state index in [0.717, 1.165) is 11.8 Å². The smallest absolute Gasteiger partial charge is 0.160 e. The van der Waals surface area contributed by atoms with Crippen LogP contribution in [0.2, 0.25) is 0 Å². The van der Waals surface area contributed by atoms with Crippen molar-refractivity contribution in [1.29, 1.82) is 0 Å². The van der Waals surface area contributed by atoms with Crippen LogP contribution in [0.25, 0.3) is 0 Å². The predicted molar refractivity (Wildman–Crippen MR) is 69.0 cm³/mol. The third-order valence-corrected chi connectivity index (χ3v) is 5.77. The molecule has 3 fully saturated rings. The largest absolute Gasteiger partial charge is 0.396 e. The van der Waals surface area contributed by atoms with Crippen molar-refractivity contribution in [2.75, 3.05) is 13.7 Å². The van der Waals surface area contributed by atoms with Crippen molar-refractivity contribution >= 4 is 0 Å². The highest BCUT2D eigenvalue weighted by Crippen LogP contribution is 2.54. The molecule has 3 nitrogen and oxygen atoms in total. The summed E-state index contributed by atoms with van der Waals surface area (Å²) in [5.74, 6) is 2.96. The molecule has 0 aromatic heterocycles. The van der Waals surface area contributed by atoms with Crippen LogP contribution in [0, 0.1) is 29.6 Å². The van der Waals surface area contributed by atoms with E-state index in [4.69, 9.17) is 9.47 Å². The summed E-state index contributed by atoms with van der Waals surface area (Å²) in [7, 11) is 1.75. The lowest BCUT2D eigenvalue weighted by molar-refractivity contribution is -0.132. The highest BCUT2D eigenvalue weighted by Gasteiger charge is 2.53. The monoisotopic (exact) mass is 254 g/mol. The molecule has 3 aliphatic rings. The Morgan fingerprint density at radius 2 is 2.00 bits per heavy atom. The molecule has 1 heterocycles. The molecule has 1 saturated heterocycles. The van der Waals surface area contributed by atoms with Gasteiger partial charge in [0.05, 0.1) is 6.10 Å². The predicted octanol–water partition coefficient (Wildman–Crippen LogP) is 2.43. The Balaban J connectivity index is 1.85. The van der Waals surface area contributed by atoms with Crippen molar-refractivity contribution in [2.24, 2.45) is 29.6 Å². The first kappa shape index (κ1) is 12.9. The Hall–Kier alpha value is -0.120. The molecule has 0 bridgehead atoms. The zero-order valence-corrected chi connectivity index (χ0v) is 11.5. The maximum atomic E-state index is 9.86. The summed E-state index contributed by atoms with van der Waals surface area (Å²) >= 11 is 0. The SMILES string of the molecule is CO[C@@H]1O[C@H](C)[C@H]2[C@H](CO)[C@@H]3CCCC[C@H]3C[C@@H]12. The van der Waals surface area contributed by atoms with Gasteiger partial charge in [-0.1, -0.05) is 19.3 Å². The molecule has 3 rings (SSSR count). The van der Waals surface area contributed by atoms with Crippen molar-refractivity contribution in [3.63, 3.8) is 0 Å². The van der Waals surface area contributed by atoms with Crippen LogP contribution in [0.15, 0.2) is 0 Å². The van der Waals surface area contributed by atoms with Gasteiger partial charge in [0.15, 0.2) is 6.29 Å². The van der Waals surface area contributed by atoms with Gasteiger partial charge in [0, 0.05) is 19.6 Å². The van der Waals surface area contributed by atoms with Crippen LogP contribution >= 0.6 is 0 Å². The fourth-order valence-electron chi connectivity index (χ4n) is 5.08. The lowest BCUT2D eigenvalue weighted by atomic mass is 9.57. The highest BCUT2D eigenvalue weighted by atomic mass is 16.7. The standard InChI is InChI=1S/C15H26O3/c1-9-14-12(15(17-2)18-9)7-10-5-3-4-6-11(10)13(14)8-16/h9-16H,3-8H2,1-2H3/t9-,10+,11-,12-,13-,14-,15-/m1/s1. The third-order valence-electron chi connectivity index (χ3n) is 5.77. The van der Waals surface area contributed by atoms with Crippen LogP contribution in [0.4, 0.5) is 0 Å². The van der Waals surface area contributed by atoms with Crippen molar-refractivity contribution < 1.29 is 14.6 Å². The summed E-state index contributed by atoms with van der Waals surface area (Å²) in [5, 5.41) is 9.86. The molecule has 3 heteroatoms. The van der Waals surface area contributed by atoms with Crippen LogP contribution in [-0.4, -0.2) is 31.2 Å². The van der Waals surface area contributed by atoms with E-state index in [0.29, 0.717) is 24.4 Å². The van der Waals surface area contributed by atoms with E-state index in [9.17, 15) is 5.11 Å². The first-order valence-corrected chi connectivity index (χ1v) is 7.55. The van der Waals surface area contributed by atoms with Crippen LogP contribution in [0.1, 0.15) is 39.0 Å². The summed E-state index contributed by atoms with van der Waals surface area (Å²) in [6.45, 7) is 2.48.